The number of hydrogen-bond donors (Lipinski definition) is 1. The number of carbonyl (C=O) groups is 2. The van der Waals surface area contributed by atoms with Gasteiger partial charge in [-0.15, -0.1) is 0 Å². The van der Waals surface area contributed by atoms with Crippen molar-refractivity contribution in [1.82, 2.24) is 5.16 Å². The van der Waals surface area contributed by atoms with Crippen molar-refractivity contribution >= 4 is 34.9 Å². The van der Waals surface area contributed by atoms with Gasteiger partial charge in [-0.25, -0.2) is 0 Å². The average molecular weight is 483 g/mol. The number of halogens is 1. The number of ether oxygens (including phenoxy) is 2. The van der Waals surface area contributed by atoms with Crippen LogP contribution in [0.25, 0.3) is 5.76 Å². The van der Waals surface area contributed by atoms with Gasteiger partial charge in [-0.05, 0) is 49.2 Å². The van der Waals surface area contributed by atoms with Crippen LogP contribution in [0.15, 0.2) is 58.6 Å². The van der Waals surface area contributed by atoms with Crippen LogP contribution in [-0.2, 0) is 9.59 Å². The van der Waals surface area contributed by atoms with Crippen molar-refractivity contribution < 1.29 is 28.7 Å². The Morgan fingerprint density at radius 1 is 1.18 bits per heavy atom. The molecular formula is C25H23ClN2O6. The van der Waals surface area contributed by atoms with E-state index in [0.29, 0.717) is 29.4 Å². The molecule has 176 valence electrons. The summed E-state index contributed by atoms with van der Waals surface area (Å²) in [6, 6.07) is 12.2. The van der Waals surface area contributed by atoms with Crippen LogP contribution in [0.4, 0.5) is 5.82 Å². The van der Waals surface area contributed by atoms with Crippen LogP contribution in [0.2, 0.25) is 5.02 Å². The number of rotatable bonds is 7. The van der Waals surface area contributed by atoms with E-state index in [1.54, 1.807) is 49.4 Å². The third-order valence-electron chi connectivity index (χ3n) is 5.40. The molecule has 3 aromatic rings. The van der Waals surface area contributed by atoms with E-state index in [0.717, 1.165) is 6.42 Å². The number of aliphatic hydroxyl groups is 1. The number of ketones is 1. The Hall–Kier alpha value is -3.78. The van der Waals surface area contributed by atoms with E-state index >= 15 is 0 Å². The Labute approximate surface area is 201 Å². The molecule has 1 fully saturated rings. The number of Topliss-reactive ketones (excluding diaryl/α,β-unsaturated/α-hetero) is 1. The minimum absolute atomic E-state index is 0.0888. The molecule has 2 aromatic carbocycles. The first-order valence-electron chi connectivity index (χ1n) is 10.7. The van der Waals surface area contributed by atoms with Crippen molar-refractivity contribution in [2.24, 2.45) is 0 Å². The highest BCUT2D eigenvalue weighted by atomic mass is 35.5. The topological polar surface area (TPSA) is 102 Å². The fraction of sp³-hybridized carbons (Fsp3) is 0.240. The van der Waals surface area contributed by atoms with E-state index in [-0.39, 0.29) is 27.7 Å². The largest absolute Gasteiger partial charge is 0.507 e. The van der Waals surface area contributed by atoms with Gasteiger partial charge >= 0.3 is 5.91 Å². The Morgan fingerprint density at radius 2 is 1.91 bits per heavy atom. The van der Waals surface area contributed by atoms with E-state index < -0.39 is 17.7 Å². The second kappa shape index (κ2) is 9.61. The summed E-state index contributed by atoms with van der Waals surface area (Å²) in [7, 11) is 1.47. The molecule has 1 aliphatic rings. The number of carbonyl (C=O) groups excluding carboxylic acids is 2. The van der Waals surface area contributed by atoms with Gasteiger partial charge in [0.05, 0.1) is 30.4 Å². The van der Waals surface area contributed by atoms with Crippen molar-refractivity contribution in [3.05, 3.63) is 76.0 Å². The fourth-order valence-electron chi connectivity index (χ4n) is 3.79. The standard InChI is InChI=1S/C25H23ClN2O6/c1-4-11-33-17-8-5-15(6-9-17)22-21(23(29)16-7-10-19(32-3)18(26)13-16)24(30)25(31)28(22)20-12-14(2)34-27-20/h5-10,12-13,22,29H,4,11H2,1-3H3/b23-21+. The average Bonchev–Trinajstić information content (AvgIpc) is 3.38. The fourth-order valence-corrected chi connectivity index (χ4v) is 4.04. The predicted molar refractivity (Wildman–Crippen MR) is 126 cm³/mol. The number of aryl methyl sites for hydroxylation is 1. The molecule has 1 amide bonds. The molecule has 1 aromatic heterocycles. The maximum absolute atomic E-state index is 13.2. The van der Waals surface area contributed by atoms with Crippen LogP contribution in [0.3, 0.4) is 0 Å². The van der Waals surface area contributed by atoms with Gasteiger partial charge in [0.1, 0.15) is 23.0 Å². The summed E-state index contributed by atoms with van der Waals surface area (Å²) in [5.41, 5.74) is 0.770. The van der Waals surface area contributed by atoms with Crippen molar-refractivity contribution in [3.63, 3.8) is 0 Å². The first-order valence-corrected chi connectivity index (χ1v) is 11.0. The Bertz CT molecular complexity index is 1260. The minimum Gasteiger partial charge on any atom is -0.507 e. The molecule has 1 unspecified atom stereocenters. The predicted octanol–water partition coefficient (Wildman–Crippen LogP) is 5.06. The second-order valence-electron chi connectivity index (χ2n) is 7.73. The maximum Gasteiger partial charge on any atom is 0.301 e. The number of amides is 1. The lowest BCUT2D eigenvalue weighted by Gasteiger charge is -2.23. The lowest BCUT2D eigenvalue weighted by molar-refractivity contribution is -0.132. The van der Waals surface area contributed by atoms with Gasteiger partial charge in [-0.1, -0.05) is 35.8 Å². The zero-order chi connectivity index (χ0) is 24.4. The molecule has 34 heavy (non-hydrogen) atoms. The zero-order valence-corrected chi connectivity index (χ0v) is 19.6. The van der Waals surface area contributed by atoms with Crippen LogP contribution >= 0.6 is 11.6 Å². The maximum atomic E-state index is 13.2. The molecule has 2 heterocycles. The first kappa shape index (κ1) is 23.4. The van der Waals surface area contributed by atoms with E-state index in [4.69, 9.17) is 25.6 Å². The number of nitrogens with zero attached hydrogens (tertiary/aromatic N) is 2. The molecule has 0 spiro atoms. The molecule has 1 N–H and O–H groups in total. The molecule has 1 atom stereocenters. The molecule has 0 radical (unpaired) electrons. The lowest BCUT2D eigenvalue weighted by Crippen LogP contribution is -2.29. The van der Waals surface area contributed by atoms with Crippen molar-refractivity contribution in [2.75, 3.05) is 18.6 Å². The molecule has 8 nitrogen and oxygen atoms in total. The highest BCUT2D eigenvalue weighted by molar-refractivity contribution is 6.51. The van der Waals surface area contributed by atoms with Gasteiger partial charge in [-0.2, -0.15) is 0 Å². The Kier molecular flexibility index (Phi) is 6.61. The summed E-state index contributed by atoms with van der Waals surface area (Å²) in [5, 5.41) is 15.4. The summed E-state index contributed by atoms with van der Waals surface area (Å²) in [6.45, 7) is 4.25. The smallest absolute Gasteiger partial charge is 0.301 e. The Morgan fingerprint density at radius 3 is 2.50 bits per heavy atom. The molecular weight excluding hydrogens is 460 g/mol. The molecule has 1 saturated heterocycles. The minimum atomic E-state index is -0.939. The second-order valence-corrected chi connectivity index (χ2v) is 8.14. The van der Waals surface area contributed by atoms with Crippen LogP contribution < -0.4 is 14.4 Å². The van der Waals surface area contributed by atoms with Gasteiger partial charge in [0.15, 0.2) is 5.82 Å². The summed E-state index contributed by atoms with van der Waals surface area (Å²) < 4.78 is 16.0. The molecule has 9 heteroatoms. The lowest BCUT2D eigenvalue weighted by atomic mass is 9.95. The summed E-state index contributed by atoms with van der Waals surface area (Å²) in [5.74, 6) is -0.324. The summed E-state index contributed by atoms with van der Waals surface area (Å²) in [6.07, 6.45) is 0.859. The van der Waals surface area contributed by atoms with Crippen molar-refractivity contribution in [1.29, 1.82) is 0 Å². The molecule has 1 aliphatic heterocycles. The SMILES string of the molecule is CCCOc1ccc(C2/C(=C(\O)c3ccc(OC)c(Cl)c3)C(=O)C(=O)N2c2cc(C)on2)cc1. The van der Waals surface area contributed by atoms with E-state index in [1.807, 2.05) is 6.92 Å². The monoisotopic (exact) mass is 482 g/mol. The van der Waals surface area contributed by atoms with Crippen molar-refractivity contribution in [2.45, 2.75) is 26.3 Å². The van der Waals surface area contributed by atoms with Crippen LogP contribution in [0.1, 0.15) is 36.3 Å². The van der Waals surface area contributed by atoms with E-state index in [2.05, 4.69) is 5.16 Å². The highest BCUT2D eigenvalue weighted by Gasteiger charge is 2.48. The highest BCUT2D eigenvalue weighted by Crippen LogP contribution is 2.42. The molecule has 4 rings (SSSR count). The van der Waals surface area contributed by atoms with E-state index in [1.165, 1.54) is 18.1 Å². The summed E-state index contributed by atoms with van der Waals surface area (Å²) in [4.78, 5) is 27.5. The number of aliphatic hydroxyl groups excluding tert-OH is 1. The van der Waals surface area contributed by atoms with Gasteiger partial charge in [0, 0.05) is 11.6 Å². The van der Waals surface area contributed by atoms with Crippen LogP contribution in [0.5, 0.6) is 11.5 Å². The third kappa shape index (κ3) is 4.24. The van der Waals surface area contributed by atoms with Crippen LogP contribution in [-0.4, -0.2) is 35.7 Å². The molecule has 0 bridgehead atoms. The first-order chi connectivity index (χ1) is 16.3. The van der Waals surface area contributed by atoms with Crippen molar-refractivity contribution in [3.8, 4) is 11.5 Å². The Balaban J connectivity index is 1.86. The zero-order valence-electron chi connectivity index (χ0n) is 18.9. The number of benzene rings is 2. The normalized spacial score (nSPS) is 17.3. The number of hydrogen-bond acceptors (Lipinski definition) is 7. The number of anilines is 1. The van der Waals surface area contributed by atoms with Gasteiger partial charge in [0.2, 0.25) is 0 Å². The van der Waals surface area contributed by atoms with Gasteiger partial charge in [-0.3, -0.25) is 14.5 Å². The van der Waals surface area contributed by atoms with Crippen LogP contribution in [0, 0.1) is 6.92 Å². The van der Waals surface area contributed by atoms with E-state index in [9.17, 15) is 14.7 Å². The quantitative estimate of drug-likeness (QED) is 0.285. The van der Waals surface area contributed by atoms with Gasteiger partial charge < -0.3 is 19.1 Å². The summed E-state index contributed by atoms with van der Waals surface area (Å²) >= 11 is 6.23. The number of methoxy groups -OCH3 is 1. The number of aromatic nitrogens is 1. The third-order valence-corrected chi connectivity index (χ3v) is 5.70. The molecule has 0 saturated carbocycles. The van der Waals surface area contributed by atoms with Gasteiger partial charge in [0.25, 0.3) is 5.78 Å². The molecule has 0 aliphatic carbocycles.